The van der Waals surface area contributed by atoms with E-state index < -0.39 is 23.7 Å². The number of halogens is 3. The molecule has 0 aliphatic carbocycles. The van der Waals surface area contributed by atoms with E-state index in [1.165, 1.54) is 18.2 Å². The summed E-state index contributed by atoms with van der Waals surface area (Å²) in [7, 11) is 5.43. The molecule has 3 aromatic rings. The molecule has 1 heterocycles. The van der Waals surface area contributed by atoms with E-state index in [9.17, 15) is 13.2 Å². The molecule has 0 amide bonds. The van der Waals surface area contributed by atoms with Crippen LogP contribution in [0.1, 0.15) is 30.3 Å². The summed E-state index contributed by atoms with van der Waals surface area (Å²) < 4.78 is 54.8. The van der Waals surface area contributed by atoms with Crippen molar-refractivity contribution in [3.63, 3.8) is 0 Å². The van der Waals surface area contributed by atoms with E-state index >= 15 is 0 Å². The summed E-state index contributed by atoms with van der Waals surface area (Å²) >= 11 is 0. The predicted molar refractivity (Wildman–Crippen MR) is 124 cm³/mol. The Bertz CT molecular complexity index is 1120. The van der Waals surface area contributed by atoms with Gasteiger partial charge in [-0.1, -0.05) is 60.9 Å². The minimum atomic E-state index is -0.934. The Kier molecular flexibility index (Phi) is 7.36. The molecule has 0 N–H and O–H groups in total. The zero-order valence-electron chi connectivity index (χ0n) is 18.2. The standard InChI is InChI=1S/C27H24BF3O2/c1-2-3-4-17-15-32-27(33-16-17)23-12-9-20(13-24(23)29)18-5-7-19(8-6-18)22-11-10-21(14-28)25(30)26(22)31/h2,5-13,17,27H,1,3-4,14-16H2. The molecule has 0 bridgehead atoms. The second-order valence-corrected chi connectivity index (χ2v) is 8.15. The van der Waals surface area contributed by atoms with Crippen LogP contribution >= 0.6 is 0 Å². The Hall–Kier alpha value is -2.83. The van der Waals surface area contributed by atoms with E-state index in [4.69, 9.17) is 17.3 Å². The van der Waals surface area contributed by atoms with Gasteiger partial charge in [-0.25, -0.2) is 13.2 Å². The van der Waals surface area contributed by atoms with Gasteiger partial charge in [-0.2, -0.15) is 0 Å². The second kappa shape index (κ2) is 10.4. The zero-order chi connectivity index (χ0) is 23.4. The minimum absolute atomic E-state index is 0.0731. The van der Waals surface area contributed by atoms with Crippen LogP contribution in [-0.2, 0) is 15.8 Å². The van der Waals surface area contributed by atoms with E-state index in [-0.39, 0.29) is 23.4 Å². The summed E-state index contributed by atoms with van der Waals surface area (Å²) in [5.74, 6) is -2.00. The first-order chi connectivity index (χ1) is 16.0. The molecule has 0 aromatic heterocycles. The van der Waals surface area contributed by atoms with Crippen molar-refractivity contribution in [2.45, 2.75) is 25.5 Å². The number of ether oxygens (including phenoxy) is 2. The summed E-state index contributed by atoms with van der Waals surface area (Å²) in [6.07, 6.45) is 2.89. The van der Waals surface area contributed by atoms with Crippen molar-refractivity contribution in [1.29, 1.82) is 0 Å². The molecule has 0 saturated carbocycles. The maximum atomic E-state index is 14.9. The maximum Gasteiger partial charge on any atom is 0.186 e. The highest BCUT2D eigenvalue weighted by Gasteiger charge is 2.25. The van der Waals surface area contributed by atoms with E-state index in [2.05, 4.69) is 6.58 Å². The molecule has 1 fully saturated rings. The first-order valence-corrected chi connectivity index (χ1v) is 10.9. The zero-order valence-corrected chi connectivity index (χ0v) is 18.2. The Morgan fingerprint density at radius 1 is 0.879 bits per heavy atom. The molecule has 0 spiro atoms. The summed E-state index contributed by atoms with van der Waals surface area (Å²) in [4.78, 5) is 0. The number of hydrogen-bond donors (Lipinski definition) is 0. The number of allylic oxidation sites excluding steroid dienone is 1. The lowest BCUT2D eigenvalue weighted by Crippen LogP contribution is -2.27. The molecule has 2 radical (unpaired) electrons. The van der Waals surface area contributed by atoms with Gasteiger partial charge in [0, 0.05) is 17.0 Å². The molecule has 3 aromatic carbocycles. The molecule has 1 aliphatic heterocycles. The van der Waals surface area contributed by atoms with E-state index in [0.29, 0.717) is 29.9 Å². The van der Waals surface area contributed by atoms with Crippen LogP contribution in [0, 0.1) is 23.4 Å². The third-order valence-electron chi connectivity index (χ3n) is 5.91. The van der Waals surface area contributed by atoms with Gasteiger partial charge in [0.25, 0.3) is 0 Å². The van der Waals surface area contributed by atoms with Gasteiger partial charge < -0.3 is 9.47 Å². The highest BCUT2D eigenvalue weighted by Crippen LogP contribution is 2.33. The fraction of sp³-hybridized carbons (Fsp3) is 0.259. The monoisotopic (exact) mass is 448 g/mol. The van der Waals surface area contributed by atoms with Crippen LogP contribution in [-0.4, -0.2) is 21.1 Å². The Morgan fingerprint density at radius 2 is 1.55 bits per heavy atom. The minimum Gasteiger partial charge on any atom is -0.348 e. The normalized spacial score (nSPS) is 18.3. The fourth-order valence-corrected chi connectivity index (χ4v) is 3.95. The molecule has 168 valence electrons. The van der Waals surface area contributed by atoms with Gasteiger partial charge in [-0.3, -0.25) is 0 Å². The molecule has 4 rings (SSSR count). The SMILES string of the molecule is [B]Cc1ccc(-c2ccc(-c3ccc(C4OCC(CCC=C)CO4)c(F)c3)cc2)c(F)c1F. The number of hydrogen-bond acceptors (Lipinski definition) is 2. The first-order valence-electron chi connectivity index (χ1n) is 10.9. The predicted octanol–water partition coefficient (Wildman–Crippen LogP) is 6.73. The molecule has 0 unspecified atom stereocenters. The lowest BCUT2D eigenvalue weighted by Gasteiger charge is -2.29. The Balaban J connectivity index is 1.49. The van der Waals surface area contributed by atoms with Crippen LogP contribution < -0.4 is 0 Å². The number of benzene rings is 3. The van der Waals surface area contributed by atoms with Gasteiger partial charge in [0.1, 0.15) is 5.82 Å². The lowest BCUT2D eigenvalue weighted by molar-refractivity contribution is -0.207. The second-order valence-electron chi connectivity index (χ2n) is 8.15. The van der Waals surface area contributed by atoms with Crippen molar-refractivity contribution in [3.8, 4) is 22.3 Å². The molecular weight excluding hydrogens is 424 g/mol. The van der Waals surface area contributed by atoms with Gasteiger partial charge in [0.05, 0.1) is 21.1 Å². The average molecular weight is 448 g/mol. The van der Waals surface area contributed by atoms with Gasteiger partial charge in [0.15, 0.2) is 17.9 Å². The van der Waals surface area contributed by atoms with Crippen molar-refractivity contribution in [1.82, 2.24) is 0 Å². The molecule has 33 heavy (non-hydrogen) atoms. The molecule has 1 saturated heterocycles. The molecule has 1 aliphatic rings. The summed E-state index contributed by atoms with van der Waals surface area (Å²) in [6, 6.07) is 14.7. The molecular formula is C27H24BF3O2. The molecule has 6 heteroatoms. The van der Waals surface area contributed by atoms with Crippen molar-refractivity contribution in [3.05, 3.63) is 95.8 Å². The van der Waals surface area contributed by atoms with E-state index in [0.717, 1.165) is 18.4 Å². The quantitative estimate of drug-likeness (QED) is 0.295. The summed E-state index contributed by atoms with van der Waals surface area (Å²) in [6.45, 7) is 4.76. The maximum absolute atomic E-state index is 14.9. The number of rotatable bonds is 7. The Morgan fingerprint density at radius 3 is 2.18 bits per heavy atom. The Labute approximate surface area is 193 Å². The third-order valence-corrected chi connectivity index (χ3v) is 5.91. The summed E-state index contributed by atoms with van der Waals surface area (Å²) in [5, 5.41) is 0. The van der Waals surface area contributed by atoms with Crippen LogP contribution in [0.4, 0.5) is 13.2 Å². The molecule has 2 nitrogen and oxygen atoms in total. The molecule has 0 atom stereocenters. The average Bonchev–Trinajstić information content (AvgIpc) is 2.85. The van der Waals surface area contributed by atoms with E-state index in [1.54, 1.807) is 36.4 Å². The van der Waals surface area contributed by atoms with E-state index in [1.807, 2.05) is 6.08 Å². The van der Waals surface area contributed by atoms with Crippen LogP contribution in [0.2, 0.25) is 0 Å². The van der Waals surface area contributed by atoms with Gasteiger partial charge in [0.2, 0.25) is 0 Å². The first kappa shape index (κ1) is 23.3. The largest absolute Gasteiger partial charge is 0.348 e. The van der Waals surface area contributed by atoms with Gasteiger partial charge >= 0.3 is 0 Å². The van der Waals surface area contributed by atoms with Crippen LogP contribution in [0.25, 0.3) is 22.3 Å². The third kappa shape index (κ3) is 5.07. The van der Waals surface area contributed by atoms with Gasteiger partial charge in [-0.15, -0.1) is 6.58 Å². The lowest BCUT2D eigenvalue weighted by atomic mass is 9.93. The van der Waals surface area contributed by atoms with Crippen molar-refractivity contribution in [2.24, 2.45) is 5.92 Å². The highest BCUT2D eigenvalue weighted by molar-refractivity contribution is 6.08. The highest BCUT2D eigenvalue weighted by atomic mass is 19.2. The fourth-order valence-electron chi connectivity index (χ4n) is 3.95. The summed E-state index contributed by atoms with van der Waals surface area (Å²) in [5.41, 5.74) is 2.56. The van der Waals surface area contributed by atoms with Crippen molar-refractivity contribution in [2.75, 3.05) is 13.2 Å². The van der Waals surface area contributed by atoms with Crippen LogP contribution in [0.3, 0.4) is 0 Å². The topological polar surface area (TPSA) is 18.5 Å². The van der Waals surface area contributed by atoms with Crippen LogP contribution in [0.5, 0.6) is 0 Å². The smallest absolute Gasteiger partial charge is 0.186 e. The van der Waals surface area contributed by atoms with Crippen molar-refractivity contribution < 1.29 is 22.6 Å². The van der Waals surface area contributed by atoms with Crippen molar-refractivity contribution >= 4 is 7.85 Å². The van der Waals surface area contributed by atoms with Crippen LogP contribution in [0.15, 0.2) is 67.3 Å². The van der Waals surface area contributed by atoms with Gasteiger partial charge in [-0.05, 0) is 41.2 Å².